The van der Waals surface area contributed by atoms with E-state index in [1.54, 1.807) is 0 Å². The number of rotatable bonds is 3. The first-order valence-electron chi connectivity index (χ1n) is 9.09. The average molecular weight is 461 g/mol. The summed E-state index contributed by atoms with van der Waals surface area (Å²) >= 11 is 1.46. The smallest absolute Gasteiger partial charge is 0.137 e. The molecule has 2 heterocycles. The molecule has 0 N–H and O–H groups in total. The number of nitrogens with zero attached hydrogens (tertiary/aromatic N) is 3. The lowest BCUT2D eigenvalue weighted by Gasteiger charge is -2.52. The molecule has 0 bridgehead atoms. The van der Waals surface area contributed by atoms with Gasteiger partial charge in [-0.05, 0) is 94.4 Å². The van der Waals surface area contributed by atoms with E-state index in [9.17, 15) is 4.55 Å². The monoisotopic (exact) mass is 461 g/mol. The predicted molar refractivity (Wildman–Crippen MR) is 106 cm³/mol. The molecule has 6 heteroatoms. The van der Waals surface area contributed by atoms with E-state index < -0.39 is 11.4 Å². The van der Waals surface area contributed by atoms with Crippen LogP contribution in [0.3, 0.4) is 0 Å². The molecule has 1 aromatic heterocycles. The largest absolute Gasteiger partial charge is 0.597 e. The summed E-state index contributed by atoms with van der Waals surface area (Å²) in [5.74, 6) is 2.23. The normalized spacial score (nSPS) is 36.9. The minimum Gasteiger partial charge on any atom is -0.597 e. The molecule has 3 aliphatic rings. The van der Waals surface area contributed by atoms with Gasteiger partial charge in [0.2, 0.25) is 0 Å². The zero-order valence-electron chi connectivity index (χ0n) is 15.3. The molecule has 2 aliphatic carbocycles. The average Bonchev–Trinajstić information content (AvgIpc) is 2.84. The van der Waals surface area contributed by atoms with Crippen LogP contribution < -0.4 is 0 Å². The Morgan fingerprint density at radius 2 is 1.96 bits per heavy atom. The summed E-state index contributed by atoms with van der Waals surface area (Å²) in [6.45, 7) is 11.7. The standard InChI is InChI=1S/C18H28IN3OS/c1-11(2)22-14(8-15(19)20-22)16-12-9-18(10-13(12)16)6-7-21(18)24(23)17(3,4)5/h8,11-13,16H,6-7,9-10H2,1-5H3/t12-,13+,16?,18+,24?. The fourth-order valence-electron chi connectivity index (χ4n) is 4.96. The second-order valence-electron chi connectivity index (χ2n) is 9.13. The van der Waals surface area contributed by atoms with E-state index in [4.69, 9.17) is 0 Å². The lowest BCUT2D eigenvalue weighted by Crippen LogP contribution is -2.64. The van der Waals surface area contributed by atoms with E-state index >= 15 is 0 Å². The van der Waals surface area contributed by atoms with E-state index in [-0.39, 0.29) is 10.3 Å². The highest BCUT2D eigenvalue weighted by atomic mass is 127. The number of aromatic nitrogens is 2. The molecular formula is C18H28IN3OS. The highest BCUT2D eigenvalue weighted by Gasteiger charge is 2.69. The second kappa shape index (κ2) is 5.60. The zero-order valence-corrected chi connectivity index (χ0v) is 18.2. The molecule has 1 aromatic rings. The van der Waals surface area contributed by atoms with E-state index in [1.807, 2.05) is 0 Å². The molecule has 1 spiro atoms. The third-order valence-electron chi connectivity index (χ3n) is 6.16. The Kier molecular flexibility index (Phi) is 4.11. The highest BCUT2D eigenvalue weighted by Crippen LogP contribution is 2.69. The maximum Gasteiger partial charge on any atom is 0.137 e. The fraction of sp³-hybridized carbons (Fsp3) is 0.833. The van der Waals surface area contributed by atoms with Crippen molar-refractivity contribution in [2.75, 3.05) is 6.54 Å². The lowest BCUT2D eigenvalue weighted by molar-refractivity contribution is 0.0602. The van der Waals surface area contributed by atoms with Gasteiger partial charge in [0.15, 0.2) is 0 Å². The first-order valence-corrected chi connectivity index (χ1v) is 11.3. The third-order valence-corrected chi connectivity index (χ3v) is 8.71. The molecule has 24 heavy (non-hydrogen) atoms. The number of hydrogen-bond donors (Lipinski definition) is 0. The van der Waals surface area contributed by atoms with Gasteiger partial charge in [-0.15, -0.1) is 4.31 Å². The molecule has 0 aromatic carbocycles. The Labute approximate surface area is 162 Å². The number of fused-ring (bicyclic) bond motifs is 1. The van der Waals surface area contributed by atoms with Gasteiger partial charge < -0.3 is 4.55 Å². The van der Waals surface area contributed by atoms with Crippen LogP contribution in [-0.4, -0.2) is 35.5 Å². The van der Waals surface area contributed by atoms with Crippen molar-refractivity contribution in [1.29, 1.82) is 0 Å². The van der Waals surface area contributed by atoms with Crippen LogP contribution in [0.4, 0.5) is 0 Å². The lowest BCUT2D eigenvalue weighted by atomic mass is 9.81. The van der Waals surface area contributed by atoms with E-state index in [2.05, 4.69) is 77.4 Å². The summed E-state index contributed by atoms with van der Waals surface area (Å²) in [4.78, 5) is 0. The van der Waals surface area contributed by atoms with Gasteiger partial charge >= 0.3 is 0 Å². The van der Waals surface area contributed by atoms with Crippen molar-refractivity contribution < 1.29 is 4.55 Å². The molecule has 4 nitrogen and oxygen atoms in total. The molecule has 134 valence electrons. The van der Waals surface area contributed by atoms with Crippen LogP contribution in [0.2, 0.25) is 0 Å². The minimum absolute atomic E-state index is 0.147. The molecule has 2 saturated carbocycles. The van der Waals surface area contributed by atoms with Gasteiger partial charge in [0.05, 0.1) is 5.54 Å². The highest BCUT2D eigenvalue weighted by molar-refractivity contribution is 14.1. The number of halogens is 1. The van der Waals surface area contributed by atoms with Crippen molar-refractivity contribution in [3.05, 3.63) is 15.5 Å². The van der Waals surface area contributed by atoms with Crippen LogP contribution in [0.15, 0.2) is 6.07 Å². The molecule has 4 rings (SSSR count). The SMILES string of the molecule is CC(C)n1nc(I)cc1C1[C@H]2C[C@]3(CCN3[S+]([O-])C(C)(C)C)C[C@@H]12. The molecular weight excluding hydrogens is 433 g/mol. The van der Waals surface area contributed by atoms with E-state index in [0.717, 1.165) is 22.1 Å². The van der Waals surface area contributed by atoms with Gasteiger partial charge in [-0.1, -0.05) is 0 Å². The quantitative estimate of drug-likeness (QED) is 0.503. The molecule has 5 atom stereocenters. The van der Waals surface area contributed by atoms with Crippen molar-refractivity contribution in [2.24, 2.45) is 11.8 Å². The Morgan fingerprint density at radius 1 is 1.33 bits per heavy atom. The van der Waals surface area contributed by atoms with Gasteiger partial charge in [0.1, 0.15) is 8.45 Å². The van der Waals surface area contributed by atoms with Crippen LogP contribution in [0, 0.1) is 15.5 Å². The van der Waals surface area contributed by atoms with Gasteiger partial charge in [0, 0.05) is 35.6 Å². The van der Waals surface area contributed by atoms with Crippen molar-refractivity contribution in [1.82, 2.24) is 14.1 Å². The maximum atomic E-state index is 12.8. The van der Waals surface area contributed by atoms with Crippen LogP contribution in [-0.2, 0) is 11.4 Å². The first-order chi connectivity index (χ1) is 11.1. The van der Waals surface area contributed by atoms with Crippen LogP contribution in [0.1, 0.15) is 71.5 Å². The van der Waals surface area contributed by atoms with Gasteiger partial charge in [-0.3, -0.25) is 4.68 Å². The van der Waals surface area contributed by atoms with Gasteiger partial charge in [0.25, 0.3) is 0 Å². The van der Waals surface area contributed by atoms with Gasteiger partial charge in [-0.25, -0.2) is 0 Å². The summed E-state index contributed by atoms with van der Waals surface area (Å²) < 4.78 is 18.4. The molecule has 1 aliphatic heterocycles. The number of hydrogen-bond acceptors (Lipinski definition) is 3. The second-order valence-corrected chi connectivity index (χ2v) is 12.4. The molecule has 0 amide bonds. The van der Waals surface area contributed by atoms with Crippen LogP contribution >= 0.6 is 22.6 Å². The summed E-state index contributed by atoms with van der Waals surface area (Å²) in [5.41, 5.74) is 1.67. The van der Waals surface area contributed by atoms with Gasteiger partial charge in [-0.2, -0.15) is 5.10 Å². The maximum absolute atomic E-state index is 12.8. The predicted octanol–water partition coefficient (Wildman–Crippen LogP) is 4.10. The Balaban J connectivity index is 1.49. The molecule has 2 unspecified atom stereocenters. The third kappa shape index (κ3) is 2.58. The van der Waals surface area contributed by atoms with Crippen LogP contribution in [0.5, 0.6) is 0 Å². The van der Waals surface area contributed by atoms with E-state index in [1.165, 1.54) is 25.0 Å². The molecule has 0 radical (unpaired) electrons. The topological polar surface area (TPSA) is 44.1 Å². The van der Waals surface area contributed by atoms with Crippen molar-refractivity contribution in [3.8, 4) is 0 Å². The van der Waals surface area contributed by atoms with Crippen molar-refractivity contribution in [2.45, 2.75) is 76.1 Å². The zero-order chi connectivity index (χ0) is 17.4. The van der Waals surface area contributed by atoms with Crippen molar-refractivity contribution >= 4 is 34.0 Å². The summed E-state index contributed by atoms with van der Waals surface area (Å²) in [5, 5.41) is 4.69. The minimum atomic E-state index is -0.868. The van der Waals surface area contributed by atoms with Crippen molar-refractivity contribution in [3.63, 3.8) is 0 Å². The Morgan fingerprint density at radius 3 is 2.42 bits per heavy atom. The summed E-state index contributed by atoms with van der Waals surface area (Å²) in [6, 6.07) is 2.70. The van der Waals surface area contributed by atoms with E-state index in [0.29, 0.717) is 12.0 Å². The molecule has 3 fully saturated rings. The Bertz CT molecular complexity index is 641. The summed E-state index contributed by atoms with van der Waals surface area (Å²) in [6.07, 6.45) is 3.68. The summed E-state index contributed by atoms with van der Waals surface area (Å²) in [7, 11) is 0. The fourth-order valence-corrected chi connectivity index (χ4v) is 7.02. The Hall–Kier alpha value is 0.210. The first kappa shape index (κ1) is 17.6. The van der Waals surface area contributed by atoms with Crippen LogP contribution in [0.25, 0.3) is 0 Å². The molecule has 1 saturated heterocycles.